The van der Waals surface area contributed by atoms with Crippen molar-refractivity contribution in [2.24, 2.45) is 5.92 Å². The highest BCUT2D eigenvalue weighted by Gasteiger charge is 2.41. The molecule has 0 atom stereocenters. The zero-order valence-electron chi connectivity index (χ0n) is 11.0. The molecule has 0 unspecified atom stereocenters. The van der Waals surface area contributed by atoms with Crippen LogP contribution < -0.4 is 5.32 Å². The van der Waals surface area contributed by atoms with Gasteiger partial charge in [-0.1, -0.05) is 0 Å². The number of halogens is 5. The largest absolute Gasteiger partial charge is 0.391 e. The van der Waals surface area contributed by atoms with Gasteiger partial charge in [0.05, 0.1) is 10.4 Å². The predicted molar refractivity (Wildman–Crippen MR) is 74.3 cm³/mol. The number of hydrogen-bond acceptors (Lipinski definition) is 1. The summed E-state index contributed by atoms with van der Waals surface area (Å²) in [6.45, 7) is 1.84. The van der Waals surface area contributed by atoms with Gasteiger partial charge in [0.25, 0.3) is 0 Å². The van der Waals surface area contributed by atoms with E-state index in [-0.39, 0.29) is 24.7 Å². The topological polar surface area (TPSA) is 12.0 Å². The lowest BCUT2D eigenvalue weighted by molar-refractivity contribution is -0.182. The Morgan fingerprint density at radius 2 is 1.75 bits per heavy atom. The molecule has 0 bridgehead atoms. The first-order valence-electron chi connectivity index (χ1n) is 6.56. The van der Waals surface area contributed by atoms with Gasteiger partial charge in [0.15, 0.2) is 0 Å². The molecule has 6 heteroatoms. The van der Waals surface area contributed by atoms with Crippen LogP contribution in [-0.4, -0.2) is 12.2 Å². The Morgan fingerprint density at radius 1 is 1.15 bits per heavy atom. The minimum Gasteiger partial charge on any atom is -0.382 e. The van der Waals surface area contributed by atoms with Crippen molar-refractivity contribution in [3.63, 3.8) is 0 Å². The highest BCUT2D eigenvalue weighted by molar-refractivity contribution is 9.10. The molecule has 20 heavy (non-hydrogen) atoms. The second kappa shape index (κ2) is 5.92. The molecule has 0 amide bonds. The van der Waals surface area contributed by atoms with Crippen molar-refractivity contribution < 1.29 is 17.6 Å². The molecular weight excluding hydrogens is 338 g/mol. The monoisotopic (exact) mass is 353 g/mol. The summed E-state index contributed by atoms with van der Waals surface area (Å²) in [6, 6.07) is 3.03. The van der Waals surface area contributed by atoms with Gasteiger partial charge in [-0.15, -0.1) is 0 Å². The minimum atomic E-state index is -4.09. The van der Waals surface area contributed by atoms with Crippen molar-refractivity contribution in [1.29, 1.82) is 0 Å². The molecular formula is C14H16BrF4N. The van der Waals surface area contributed by atoms with Crippen molar-refractivity contribution in [1.82, 2.24) is 0 Å². The van der Waals surface area contributed by atoms with Gasteiger partial charge in [-0.05, 0) is 66.2 Å². The highest BCUT2D eigenvalue weighted by atomic mass is 79.9. The third-order valence-corrected chi connectivity index (χ3v) is 4.42. The normalized spacial score (nSPS) is 23.7. The maximum atomic E-state index is 13.5. The second-order valence-corrected chi connectivity index (χ2v) is 6.17. The number of alkyl halides is 3. The molecule has 1 fully saturated rings. The number of anilines is 1. The highest BCUT2D eigenvalue weighted by Crippen LogP contribution is 2.38. The summed E-state index contributed by atoms with van der Waals surface area (Å²) in [5, 5.41) is 3.16. The smallest absolute Gasteiger partial charge is 0.382 e. The third-order valence-electron chi connectivity index (χ3n) is 3.82. The Hall–Kier alpha value is -0.780. The average Bonchev–Trinajstić information content (AvgIpc) is 2.35. The van der Waals surface area contributed by atoms with Gasteiger partial charge in [-0.25, -0.2) is 4.39 Å². The van der Waals surface area contributed by atoms with E-state index in [4.69, 9.17) is 0 Å². The fraction of sp³-hybridized carbons (Fsp3) is 0.571. The van der Waals surface area contributed by atoms with Crippen LogP contribution in [0.5, 0.6) is 0 Å². The van der Waals surface area contributed by atoms with Crippen molar-refractivity contribution in [3.05, 3.63) is 28.0 Å². The Labute approximate surface area is 123 Å². The second-order valence-electron chi connectivity index (χ2n) is 5.32. The Kier molecular flexibility index (Phi) is 4.62. The van der Waals surface area contributed by atoms with E-state index >= 15 is 0 Å². The van der Waals surface area contributed by atoms with Crippen LogP contribution in [0.15, 0.2) is 16.6 Å². The molecule has 0 saturated heterocycles. The molecule has 0 aromatic heterocycles. The molecule has 1 nitrogen and oxygen atoms in total. The molecule has 0 radical (unpaired) electrons. The van der Waals surface area contributed by atoms with Crippen molar-refractivity contribution in [3.8, 4) is 0 Å². The van der Waals surface area contributed by atoms with Crippen LogP contribution in [0.25, 0.3) is 0 Å². The Morgan fingerprint density at radius 3 is 2.30 bits per heavy atom. The summed E-state index contributed by atoms with van der Waals surface area (Å²) >= 11 is 3.11. The van der Waals surface area contributed by atoms with Gasteiger partial charge in [0, 0.05) is 11.7 Å². The molecule has 1 aliphatic carbocycles. The Bertz CT molecular complexity index is 479. The van der Waals surface area contributed by atoms with Crippen LogP contribution in [0, 0.1) is 18.7 Å². The zero-order chi connectivity index (χ0) is 14.9. The van der Waals surface area contributed by atoms with E-state index in [9.17, 15) is 17.6 Å². The zero-order valence-corrected chi connectivity index (χ0v) is 12.6. The third kappa shape index (κ3) is 3.65. The fourth-order valence-corrected chi connectivity index (χ4v) is 3.04. The van der Waals surface area contributed by atoms with Crippen molar-refractivity contribution in [2.75, 3.05) is 5.32 Å². The van der Waals surface area contributed by atoms with Gasteiger partial charge in [0.1, 0.15) is 5.82 Å². The van der Waals surface area contributed by atoms with Gasteiger partial charge in [0.2, 0.25) is 0 Å². The van der Waals surface area contributed by atoms with Crippen LogP contribution in [0.1, 0.15) is 31.2 Å². The molecule has 1 saturated carbocycles. The van der Waals surface area contributed by atoms with E-state index < -0.39 is 12.1 Å². The van der Waals surface area contributed by atoms with Crippen LogP contribution in [-0.2, 0) is 0 Å². The number of aryl methyl sites for hydroxylation is 1. The summed E-state index contributed by atoms with van der Waals surface area (Å²) < 4.78 is 51.6. The van der Waals surface area contributed by atoms with Crippen molar-refractivity contribution in [2.45, 2.75) is 44.8 Å². The molecule has 0 aliphatic heterocycles. The summed E-state index contributed by atoms with van der Waals surface area (Å²) in [7, 11) is 0. The van der Waals surface area contributed by atoms with Gasteiger partial charge >= 0.3 is 6.18 Å². The van der Waals surface area contributed by atoms with Gasteiger partial charge in [-0.3, -0.25) is 0 Å². The van der Waals surface area contributed by atoms with Crippen LogP contribution >= 0.6 is 15.9 Å². The van der Waals surface area contributed by atoms with Gasteiger partial charge < -0.3 is 5.32 Å². The molecule has 2 rings (SSSR count). The SMILES string of the molecule is Cc1cc(Br)c(F)cc1NC1CCC(C(F)(F)F)CC1. The number of nitrogens with one attached hydrogen (secondary N) is 1. The van der Waals surface area contributed by atoms with E-state index in [1.165, 1.54) is 6.07 Å². The maximum Gasteiger partial charge on any atom is 0.391 e. The van der Waals surface area contributed by atoms with E-state index in [1.54, 1.807) is 6.07 Å². The summed E-state index contributed by atoms with van der Waals surface area (Å²) in [5.74, 6) is -1.56. The lowest BCUT2D eigenvalue weighted by Gasteiger charge is -2.31. The molecule has 0 heterocycles. The van der Waals surface area contributed by atoms with Crippen molar-refractivity contribution >= 4 is 21.6 Å². The van der Waals surface area contributed by atoms with E-state index in [1.807, 2.05) is 6.92 Å². The number of benzene rings is 1. The quantitative estimate of drug-likeness (QED) is 0.699. The average molecular weight is 354 g/mol. The lowest BCUT2D eigenvalue weighted by atomic mass is 9.85. The summed E-state index contributed by atoms with van der Waals surface area (Å²) in [4.78, 5) is 0. The van der Waals surface area contributed by atoms with E-state index in [0.717, 1.165) is 5.56 Å². The van der Waals surface area contributed by atoms with E-state index in [2.05, 4.69) is 21.2 Å². The van der Waals surface area contributed by atoms with Gasteiger partial charge in [-0.2, -0.15) is 13.2 Å². The first-order valence-corrected chi connectivity index (χ1v) is 7.35. The summed E-state index contributed by atoms with van der Waals surface area (Å²) in [6.07, 6.45) is -2.90. The molecule has 112 valence electrons. The van der Waals surface area contributed by atoms with Crippen LogP contribution in [0.3, 0.4) is 0 Å². The first kappa shape index (κ1) is 15.6. The first-order chi connectivity index (χ1) is 9.27. The Balaban J connectivity index is 1.98. The fourth-order valence-electron chi connectivity index (χ4n) is 2.59. The predicted octanol–water partition coefficient (Wildman–Crippen LogP) is 5.43. The van der Waals surface area contributed by atoms with Crippen LogP contribution in [0.2, 0.25) is 0 Å². The number of rotatable bonds is 2. The lowest BCUT2D eigenvalue weighted by Crippen LogP contribution is -2.33. The molecule has 1 aromatic carbocycles. The standard InChI is InChI=1S/C14H16BrF4N/c1-8-6-11(15)12(16)7-13(8)20-10-4-2-9(3-5-10)14(17,18)19/h6-7,9-10,20H,2-5H2,1H3. The molecule has 1 aliphatic rings. The molecule has 1 N–H and O–H groups in total. The molecule has 1 aromatic rings. The van der Waals surface area contributed by atoms with Crippen LogP contribution in [0.4, 0.5) is 23.2 Å². The minimum absolute atomic E-state index is 0.0205. The molecule has 0 spiro atoms. The van der Waals surface area contributed by atoms with E-state index in [0.29, 0.717) is 23.0 Å². The maximum absolute atomic E-state index is 13.5. The summed E-state index contributed by atoms with van der Waals surface area (Å²) in [5.41, 5.74) is 1.53. The number of hydrogen-bond donors (Lipinski definition) is 1.